The van der Waals surface area contributed by atoms with Gasteiger partial charge in [0.25, 0.3) is 0 Å². The predicted octanol–water partition coefficient (Wildman–Crippen LogP) is 3.63. The molecular formula is C14H13ClO3. The summed E-state index contributed by atoms with van der Waals surface area (Å²) in [6, 6.07) is 12.5. The zero-order valence-electron chi connectivity index (χ0n) is 9.89. The molecule has 0 atom stereocenters. The first-order valence-electron chi connectivity index (χ1n) is 5.45. The maximum absolute atomic E-state index is 9.23. The summed E-state index contributed by atoms with van der Waals surface area (Å²) in [6.07, 6.45) is 0. The van der Waals surface area contributed by atoms with Gasteiger partial charge in [-0.2, -0.15) is 0 Å². The van der Waals surface area contributed by atoms with Crippen LogP contribution in [-0.2, 0) is 6.61 Å². The molecular weight excluding hydrogens is 252 g/mol. The fourth-order valence-electron chi connectivity index (χ4n) is 1.64. The maximum atomic E-state index is 9.23. The lowest BCUT2D eigenvalue weighted by atomic mass is 10.2. The molecule has 0 aliphatic carbocycles. The highest BCUT2D eigenvalue weighted by molar-refractivity contribution is 6.32. The Kier molecular flexibility index (Phi) is 4.07. The molecule has 0 saturated heterocycles. The standard InChI is InChI=1S/C14H13ClO3/c1-17-14-10(9-16)5-4-8-13(14)18-12-7-3-2-6-11(12)15/h2-8,16H,9H2,1H3. The minimum absolute atomic E-state index is 0.108. The molecule has 18 heavy (non-hydrogen) atoms. The van der Waals surface area contributed by atoms with Gasteiger partial charge < -0.3 is 14.6 Å². The molecule has 94 valence electrons. The van der Waals surface area contributed by atoms with E-state index in [2.05, 4.69) is 0 Å². The number of hydrogen-bond acceptors (Lipinski definition) is 3. The second-order valence-electron chi connectivity index (χ2n) is 3.64. The Bertz CT molecular complexity index is 540. The van der Waals surface area contributed by atoms with Crippen molar-refractivity contribution < 1.29 is 14.6 Å². The number of benzene rings is 2. The first kappa shape index (κ1) is 12.7. The number of ether oxygens (including phenoxy) is 2. The van der Waals surface area contributed by atoms with E-state index in [1.807, 2.05) is 12.1 Å². The van der Waals surface area contributed by atoms with Crippen molar-refractivity contribution in [3.05, 3.63) is 53.1 Å². The molecule has 0 unspecified atom stereocenters. The molecule has 0 spiro atoms. The molecule has 1 N–H and O–H groups in total. The van der Waals surface area contributed by atoms with Gasteiger partial charge in [-0.25, -0.2) is 0 Å². The summed E-state index contributed by atoms with van der Waals surface area (Å²) in [6.45, 7) is -0.108. The van der Waals surface area contributed by atoms with Crippen molar-refractivity contribution in [2.24, 2.45) is 0 Å². The van der Waals surface area contributed by atoms with Crippen LogP contribution in [0.25, 0.3) is 0 Å². The third-order valence-electron chi connectivity index (χ3n) is 2.49. The van der Waals surface area contributed by atoms with Gasteiger partial charge in [-0.05, 0) is 18.2 Å². The number of para-hydroxylation sites is 2. The second-order valence-corrected chi connectivity index (χ2v) is 4.05. The molecule has 2 aromatic rings. The highest BCUT2D eigenvalue weighted by Crippen LogP contribution is 2.36. The molecule has 4 heteroatoms. The van der Waals surface area contributed by atoms with Crippen LogP contribution in [0.5, 0.6) is 17.2 Å². The van der Waals surface area contributed by atoms with Crippen LogP contribution in [-0.4, -0.2) is 12.2 Å². The monoisotopic (exact) mass is 264 g/mol. The van der Waals surface area contributed by atoms with Crippen molar-refractivity contribution in [1.29, 1.82) is 0 Å². The summed E-state index contributed by atoms with van der Waals surface area (Å²) >= 11 is 6.03. The smallest absolute Gasteiger partial charge is 0.169 e. The summed E-state index contributed by atoms with van der Waals surface area (Å²) in [4.78, 5) is 0. The van der Waals surface area contributed by atoms with E-state index in [1.54, 1.807) is 30.3 Å². The van der Waals surface area contributed by atoms with E-state index in [1.165, 1.54) is 7.11 Å². The Morgan fingerprint density at radius 3 is 2.44 bits per heavy atom. The van der Waals surface area contributed by atoms with E-state index in [0.717, 1.165) is 0 Å². The van der Waals surface area contributed by atoms with Crippen LogP contribution in [0.3, 0.4) is 0 Å². The van der Waals surface area contributed by atoms with Crippen molar-refractivity contribution in [3.8, 4) is 17.2 Å². The third-order valence-corrected chi connectivity index (χ3v) is 2.80. The zero-order chi connectivity index (χ0) is 13.0. The quantitative estimate of drug-likeness (QED) is 0.916. The Labute approximate surface area is 111 Å². The van der Waals surface area contributed by atoms with Gasteiger partial charge in [0, 0.05) is 5.56 Å². The van der Waals surface area contributed by atoms with Gasteiger partial charge in [0.2, 0.25) is 0 Å². The van der Waals surface area contributed by atoms with Gasteiger partial charge >= 0.3 is 0 Å². The van der Waals surface area contributed by atoms with Crippen LogP contribution in [0.2, 0.25) is 5.02 Å². The Balaban J connectivity index is 2.37. The summed E-state index contributed by atoms with van der Waals surface area (Å²) in [5.41, 5.74) is 0.669. The Morgan fingerprint density at radius 2 is 1.78 bits per heavy atom. The summed E-state index contributed by atoms with van der Waals surface area (Å²) in [5, 5.41) is 9.76. The first-order valence-corrected chi connectivity index (χ1v) is 5.83. The van der Waals surface area contributed by atoms with Gasteiger partial charge in [-0.3, -0.25) is 0 Å². The Morgan fingerprint density at radius 1 is 1.06 bits per heavy atom. The average Bonchev–Trinajstić information content (AvgIpc) is 2.41. The molecule has 3 nitrogen and oxygen atoms in total. The molecule has 2 aromatic carbocycles. The summed E-state index contributed by atoms with van der Waals surface area (Å²) in [5.74, 6) is 1.59. The fourth-order valence-corrected chi connectivity index (χ4v) is 1.82. The van der Waals surface area contributed by atoms with Crippen LogP contribution in [0.4, 0.5) is 0 Å². The van der Waals surface area contributed by atoms with Gasteiger partial charge in [0.1, 0.15) is 5.75 Å². The second kappa shape index (κ2) is 5.76. The van der Waals surface area contributed by atoms with E-state index in [9.17, 15) is 5.11 Å². The van der Waals surface area contributed by atoms with E-state index in [4.69, 9.17) is 21.1 Å². The van der Waals surface area contributed by atoms with Crippen molar-refractivity contribution in [3.63, 3.8) is 0 Å². The molecule has 0 heterocycles. The summed E-state index contributed by atoms with van der Waals surface area (Å²) in [7, 11) is 1.54. The normalized spacial score (nSPS) is 10.2. The van der Waals surface area contributed by atoms with Gasteiger partial charge in [0.15, 0.2) is 11.5 Å². The van der Waals surface area contributed by atoms with E-state index in [-0.39, 0.29) is 6.61 Å². The highest BCUT2D eigenvalue weighted by atomic mass is 35.5. The number of aliphatic hydroxyl groups is 1. The average molecular weight is 265 g/mol. The van der Waals surface area contributed by atoms with Crippen LogP contribution in [0.15, 0.2) is 42.5 Å². The van der Waals surface area contributed by atoms with Crippen LogP contribution in [0.1, 0.15) is 5.56 Å². The van der Waals surface area contributed by atoms with Crippen molar-refractivity contribution in [1.82, 2.24) is 0 Å². The SMILES string of the molecule is COc1c(CO)cccc1Oc1ccccc1Cl. The molecule has 0 radical (unpaired) electrons. The largest absolute Gasteiger partial charge is 0.492 e. The van der Waals surface area contributed by atoms with Gasteiger partial charge in [0.05, 0.1) is 18.7 Å². The number of methoxy groups -OCH3 is 1. The van der Waals surface area contributed by atoms with Crippen LogP contribution in [0, 0.1) is 0 Å². The highest BCUT2D eigenvalue weighted by Gasteiger charge is 2.11. The number of halogens is 1. The molecule has 0 aliphatic rings. The van der Waals surface area contributed by atoms with Gasteiger partial charge in [-0.15, -0.1) is 0 Å². The molecule has 0 aromatic heterocycles. The van der Waals surface area contributed by atoms with Gasteiger partial charge in [-0.1, -0.05) is 35.9 Å². The maximum Gasteiger partial charge on any atom is 0.169 e. The van der Waals surface area contributed by atoms with E-state index < -0.39 is 0 Å². The van der Waals surface area contributed by atoms with Crippen molar-refractivity contribution >= 4 is 11.6 Å². The number of rotatable bonds is 4. The lowest BCUT2D eigenvalue weighted by Crippen LogP contribution is -1.95. The Hall–Kier alpha value is -1.71. The third kappa shape index (κ3) is 2.58. The molecule has 0 bridgehead atoms. The molecule has 0 saturated carbocycles. The van der Waals surface area contributed by atoms with Crippen molar-refractivity contribution in [2.45, 2.75) is 6.61 Å². The van der Waals surface area contributed by atoms with E-state index >= 15 is 0 Å². The lowest BCUT2D eigenvalue weighted by Gasteiger charge is -2.13. The number of aliphatic hydroxyl groups excluding tert-OH is 1. The van der Waals surface area contributed by atoms with Crippen molar-refractivity contribution in [2.75, 3.05) is 7.11 Å². The number of hydrogen-bond donors (Lipinski definition) is 1. The minimum atomic E-state index is -0.108. The molecule has 0 amide bonds. The molecule has 0 fully saturated rings. The first-order chi connectivity index (χ1) is 8.76. The lowest BCUT2D eigenvalue weighted by molar-refractivity contribution is 0.271. The summed E-state index contributed by atoms with van der Waals surface area (Å²) < 4.78 is 11.0. The zero-order valence-corrected chi connectivity index (χ0v) is 10.6. The van der Waals surface area contributed by atoms with E-state index in [0.29, 0.717) is 27.8 Å². The predicted molar refractivity (Wildman–Crippen MR) is 70.4 cm³/mol. The minimum Gasteiger partial charge on any atom is -0.492 e. The molecule has 2 rings (SSSR count). The topological polar surface area (TPSA) is 38.7 Å². The van der Waals surface area contributed by atoms with Crippen LogP contribution < -0.4 is 9.47 Å². The fraction of sp³-hybridized carbons (Fsp3) is 0.143. The molecule has 0 aliphatic heterocycles. The van der Waals surface area contributed by atoms with Crippen LogP contribution >= 0.6 is 11.6 Å².